The molecule has 1 fully saturated rings. The van der Waals surface area contributed by atoms with E-state index in [-0.39, 0.29) is 6.03 Å². The summed E-state index contributed by atoms with van der Waals surface area (Å²) < 4.78 is 7.12. The molecule has 1 saturated heterocycles. The Morgan fingerprint density at radius 3 is 2.26 bits per heavy atom. The number of amides is 2. The summed E-state index contributed by atoms with van der Waals surface area (Å²) in [5.74, 6) is 2.14. The van der Waals surface area contributed by atoms with Crippen molar-refractivity contribution in [1.29, 1.82) is 0 Å². The van der Waals surface area contributed by atoms with E-state index in [2.05, 4.69) is 32.4 Å². The molecule has 0 radical (unpaired) electrons. The van der Waals surface area contributed by atoms with Crippen molar-refractivity contribution in [3.8, 4) is 11.6 Å². The van der Waals surface area contributed by atoms with E-state index in [0.29, 0.717) is 43.4 Å². The lowest BCUT2D eigenvalue weighted by atomic mass is 10.2. The zero-order chi connectivity index (χ0) is 22.0. The molecular formula is C22H27N7O2. The number of nitrogens with one attached hydrogen (secondary N) is 1. The fourth-order valence-corrected chi connectivity index (χ4v) is 3.62. The van der Waals surface area contributed by atoms with Gasteiger partial charge in [0.15, 0.2) is 11.6 Å². The number of piperazine rings is 1. The van der Waals surface area contributed by atoms with Gasteiger partial charge in [0, 0.05) is 31.9 Å². The molecule has 0 bridgehead atoms. The van der Waals surface area contributed by atoms with Crippen LogP contribution in [0, 0.1) is 20.8 Å². The lowest BCUT2D eigenvalue weighted by Crippen LogP contribution is -2.50. The molecule has 2 aromatic heterocycles. The molecule has 2 amide bonds. The normalized spacial score (nSPS) is 13.9. The molecule has 1 aliphatic heterocycles. The van der Waals surface area contributed by atoms with E-state index in [1.807, 2.05) is 54.9 Å². The fraction of sp³-hybridized carbons (Fsp3) is 0.364. The SMILES string of the molecule is COc1ccccc1NC(=O)N1CCN(c2ccc(-n3nc(C)c(C)c3C)nn2)CC1. The quantitative estimate of drug-likeness (QED) is 0.697. The molecule has 3 heterocycles. The maximum Gasteiger partial charge on any atom is 0.322 e. The summed E-state index contributed by atoms with van der Waals surface area (Å²) in [6.07, 6.45) is 0. The lowest BCUT2D eigenvalue weighted by Gasteiger charge is -2.35. The van der Waals surface area contributed by atoms with Crippen LogP contribution in [0.4, 0.5) is 16.3 Å². The minimum atomic E-state index is -0.134. The molecule has 162 valence electrons. The topological polar surface area (TPSA) is 88.4 Å². The van der Waals surface area contributed by atoms with Gasteiger partial charge in [0.25, 0.3) is 0 Å². The average Bonchev–Trinajstić information content (AvgIpc) is 3.07. The number of urea groups is 1. The van der Waals surface area contributed by atoms with Gasteiger partial charge in [-0.05, 0) is 50.6 Å². The van der Waals surface area contributed by atoms with Gasteiger partial charge in [-0.3, -0.25) is 0 Å². The predicted octanol–water partition coefficient (Wildman–Crippen LogP) is 2.95. The molecule has 3 aromatic rings. The lowest BCUT2D eigenvalue weighted by molar-refractivity contribution is 0.208. The third kappa shape index (κ3) is 4.16. The first-order chi connectivity index (χ1) is 15.0. The minimum Gasteiger partial charge on any atom is -0.495 e. The van der Waals surface area contributed by atoms with Crippen molar-refractivity contribution in [3.05, 3.63) is 53.3 Å². The van der Waals surface area contributed by atoms with Gasteiger partial charge in [0.05, 0.1) is 18.5 Å². The zero-order valence-electron chi connectivity index (χ0n) is 18.3. The highest BCUT2D eigenvalue weighted by molar-refractivity contribution is 5.91. The Morgan fingerprint density at radius 2 is 1.65 bits per heavy atom. The first kappa shape index (κ1) is 20.6. The van der Waals surface area contributed by atoms with Crippen LogP contribution >= 0.6 is 0 Å². The Bertz CT molecular complexity index is 1070. The number of nitrogens with zero attached hydrogens (tertiary/aromatic N) is 6. The first-order valence-corrected chi connectivity index (χ1v) is 10.3. The van der Waals surface area contributed by atoms with Crippen molar-refractivity contribution in [3.63, 3.8) is 0 Å². The molecule has 0 saturated carbocycles. The number of hydrogen-bond donors (Lipinski definition) is 1. The summed E-state index contributed by atoms with van der Waals surface area (Å²) in [5.41, 5.74) is 3.88. The van der Waals surface area contributed by atoms with E-state index in [1.54, 1.807) is 12.0 Å². The molecule has 1 N–H and O–H groups in total. The van der Waals surface area contributed by atoms with Crippen LogP contribution in [0.5, 0.6) is 5.75 Å². The molecule has 4 rings (SSSR count). The molecule has 0 unspecified atom stereocenters. The number of ether oxygens (including phenoxy) is 1. The van der Waals surface area contributed by atoms with Gasteiger partial charge in [-0.25, -0.2) is 9.48 Å². The van der Waals surface area contributed by atoms with Gasteiger partial charge < -0.3 is 19.9 Å². The number of carbonyl (C=O) groups excluding carboxylic acids is 1. The van der Waals surface area contributed by atoms with Crippen molar-refractivity contribution in [2.24, 2.45) is 0 Å². The van der Waals surface area contributed by atoms with E-state index in [9.17, 15) is 4.79 Å². The van der Waals surface area contributed by atoms with E-state index in [0.717, 1.165) is 22.8 Å². The summed E-state index contributed by atoms with van der Waals surface area (Å²) in [5, 5.41) is 16.2. The number of anilines is 2. The number of para-hydroxylation sites is 2. The third-order valence-electron chi connectivity index (χ3n) is 5.75. The van der Waals surface area contributed by atoms with Crippen LogP contribution in [0.3, 0.4) is 0 Å². The fourth-order valence-electron chi connectivity index (χ4n) is 3.62. The highest BCUT2D eigenvalue weighted by Crippen LogP contribution is 2.24. The second-order valence-corrected chi connectivity index (χ2v) is 7.56. The van der Waals surface area contributed by atoms with Crippen molar-refractivity contribution >= 4 is 17.5 Å². The van der Waals surface area contributed by atoms with E-state index >= 15 is 0 Å². The van der Waals surface area contributed by atoms with E-state index in [1.165, 1.54) is 0 Å². The second kappa shape index (κ2) is 8.63. The summed E-state index contributed by atoms with van der Waals surface area (Å²) in [7, 11) is 1.59. The third-order valence-corrected chi connectivity index (χ3v) is 5.75. The number of benzene rings is 1. The Labute approximate surface area is 181 Å². The predicted molar refractivity (Wildman–Crippen MR) is 119 cm³/mol. The number of hydrogen-bond acceptors (Lipinski definition) is 6. The molecule has 31 heavy (non-hydrogen) atoms. The summed E-state index contributed by atoms with van der Waals surface area (Å²) >= 11 is 0. The molecule has 9 heteroatoms. The van der Waals surface area contributed by atoms with Crippen LogP contribution in [0.15, 0.2) is 36.4 Å². The van der Waals surface area contributed by atoms with Gasteiger partial charge in [-0.1, -0.05) is 12.1 Å². The zero-order valence-corrected chi connectivity index (χ0v) is 18.3. The molecule has 1 aromatic carbocycles. The maximum absolute atomic E-state index is 12.6. The molecular weight excluding hydrogens is 394 g/mol. The number of methoxy groups -OCH3 is 1. The number of carbonyl (C=O) groups is 1. The Kier molecular flexibility index (Phi) is 5.75. The van der Waals surface area contributed by atoms with Crippen LogP contribution < -0.4 is 15.0 Å². The van der Waals surface area contributed by atoms with Crippen LogP contribution in [-0.4, -0.2) is 64.2 Å². The Balaban J connectivity index is 1.37. The smallest absolute Gasteiger partial charge is 0.322 e. The van der Waals surface area contributed by atoms with Crippen molar-refractivity contribution in [2.45, 2.75) is 20.8 Å². The van der Waals surface area contributed by atoms with Gasteiger partial charge in [0.2, 0.25) is 0 Å². The molecule has 1 aliphatic rings. The maximum atomic E-state index is 12.6. The van der Waals surface area contributed by atoms with Crippen LogP contribution in [0.25, 0.3) is 5.82 Å². The first-order valence-electron chi connectivity index (χ1n) is 10.3. The summed E-state index contributed by atoms with van der Waals surface area (Å²) in [6.45, 7) is 8.64. The minimum absolute atomic E-state index is 0.134. The van der Waals surface area contributed by atoms with E-state index in [4.69, 9.17) is 4.74 Å². The van der Waals surface area contributed by atoms with Crippen molar-refractivity contribution in [1.82, 2.24) is 24.9 Å². The van der Waals surface area contributed by atoms with Crippen LogP contribution in [0.2, 0.25) is 0 Å². The molecule has 9 nitrogen and oxygen atoms in total. The number of aryl methyl sites for hydroxylation is 1. The molecule has 0 spiro atoms. The summed E-state index contributed by atoms with van der Waals surface area (Å²) in [6, 6.07) is 11.1. The van der Waals surface area contributed by atoms with Crippen molar-refractivity contribution < 1.29 is 9.53 Å². The highest BCUT2D eigenvalue weighted by atomic mass is 16.5. The summed E-state index contributed by atoms with van der Waals surface area (Å²) in [4.78, 5) is 16.6. The number of aromatic nitrogens is 4. The van der Waals surface area contributed by atoms with Crippen LogP contribution in [0.1, 0.15) is 17.0 Å². The van der Waals surface area contributed by atoms with Gasteiger partial charge in [-0.15, -0.1) is 10.2 Å². The van der Waals surface area contributed by atoms with Crippen molar-refractivity contribution in [2.75, 3.05) is 43.5 Å². The monoisotopic (exact) mass is 421 g/mol. The highest BCUT2D eigenvalue weighted by Gasteiger charge is 2.23. The molecule has 0 atom stereocenters. The largest absolute Gasteiger partial charge is 0.495 e. The molecule has 0 aliphatic carbocycles. The van der Waals surface area contributed by atoms with Gasteiger partial charge >= 0.3 is 6.03 Å². The van der Waals surface area contributed by atoms with Gasteiger partial charge in [-0.2, -0.15) is 5.10 Å². The average molecular weight is 422 g/mol. The Morgan fingerprint density at radius 1 is 0.968 bits per heavy atom. The Hall–Kier alpha value is -3.62. The van der Waals surface area contributed by atoms with Crippen LogP contribution in [-0.2, 0) is 0 Å². The second-order valence-electron chi connectivity index (χ2n) is 7.56. The van der Waals surface area contributed by atoms with Gasteiger partial charge in [0.1, 0.15) is 5.75 Å². The standard InChI is InChI=1S/C22H27N7O2/c1-15-16(2)26-29(17(15)3)21-10-9-20(24-25-21)27-11-13-28(14-12-27)22(30)23-18-7-5-6-8-19(18)31-4/h5-10H,11-14H2,1-4H3,(H,23,30). The number of rotatable bonds is 4. The van der Waals surface area contributed by atoms with E-state index < -0.39 is 0 Å².